The van der Waals surface area contributed by atoms with E-state index in [1.165, 1.54) is 0 Å². The first-order chi connectivity index (χ1) is 17.8. The summed E-state index contributed by atoms with van der Waals surface area (Å²) < 4.78 is 5.21. The van der Waals surface area contributed by atoms with Crippen LogP contribution in [-0.2, 0) is 16.1 Å². The average molecular weight is 508 g/mol. The van der Waals surface area contributed by atoms with E-state index in [-0.39, 0.29) is 42.9 Å². The molecule has 0 aliphatic carbocycles. The smallest absolute Gasteiger partial charge is 0.334 e. The van der Waals surface area contributed by atoms with E-state index in [4.69, 9.17) is 4.74 Å². The zero-order chi connectivity index (χ0) is 26.7. The first-order valence-electron chi connectivity index (χ1n) is 12.8. The quantitative estimate of drug-likeness (QED) is 0.622. The van der Waals surface area contributed by atoms with Crippen molar-refractivity contribution in [3.8, 4) is 5.75 Å². The Morgan fingerprint density at radius 2 is 1.76 bits per heavy atom. The predicted octanol–water partition coefficient (Wildman–Crippen LogP) is 3.24. The van der Waals surface area contributed by atoms with Crippen LogP contribution in [0.5, 0.6) is 5.75 Å². The van der Waals surface area contributed by atoms with Gasteiger partial charge in [0.2, 0.25) is 11.8 Å². The highest BCUT2D eigenvalue weighted by atomic mass is 16.5. The minimum Gasteiger partial charge on any atom is -0.497 e. The van der Waals surface area contributed by atoms with Gasteiger partial charge in [-0.15, -0.1) is 0 Å². The molecule has 0 bridgehead atoms. The van der Waals surface area contributed by atoms with E-state index >= 15 is 0 Å². The minimum absolute atomic E-state index is 0.0287. The molecule has 2 aliphatic heterocycles. The van der Waals surface area contributed by atoms with Crippen LogP contribution in [0.15, 0.2) is 54.6 Å². The van der Waals surface area contributed by atoms with Crippen molar-refractivity contribution in [2.24, 2.45) is 5.92 Å². The zero-order valence-electron chi connectivity index (χ0n) is 22.3. The summed E-state index contributed by atoms with van der Waals surface area (Å²) in [5.74, 6) is 0.476. The lowest BCUT2D eigenvalue weighted by molar-refractivity contribution is -0.192. The van der Waals surface area contributed by atoms with Crippen LogP contribution in [0.2, 0.25) is 0 Å². The van der Waals surface area contributed by atoms with Gasteiger partial charge in [0, 0.05) is 13.6 Å². The summed E-state index contributed by atoms with van der Waals surface area (Å²) in [6, 6.07) is 16.2. The van der Waals surface area contributed by atoms with Gasteiger partial charge < -0.3 is 19.9 Å². The van der Waals surface area contributed by atoms with Crippen molar-refractivity contribution in [1.82, 2.24) is 25.1 Å². The molecule has 2 aromatic carbocycles. The third kappa shape index (κ3) is 5.27. The number of carbonyl (C=O) groups is 3. The molecule has 0 aromatic heterocycles. The lowest BCUT2D eigenvalue weighted by Crippen LogP contribution is -2.76. The predicted molar refractivity (Wildman–Crippen MR) is 140 cm³/mol. The Balaban J connectivity index is 1.63. The standard InChI is InChI=1S/C28H37N5O4/c1-6-19(2)26-27(35)31(20(3)22-10-8-7-9-11-22)17-24-32(26)25(34)18-30(4)33(24)28(36)29-16-21-12-14-23(37-5)15-13-21/h7-15,19-20,24,26H,6,16-18H2,1-5H3,(H,29,36)/t19?,20?,24-,26-/m0/s1. The second-order valence-electron chi connectivity index (χ2n) is 9.86. The zero-order valence-corrected chi connectivity index (χ0v) is 22.3. The number of fused-ring (bicyclic) bond motifs is 1. The van der Waals surface area contributed by atoms with E-state index in [0.29, 0.717) is 6.54 Å². The molecule has 198 valence electrons. The van der Waals surface area contributed by atoms with E-state index in [9.17, 15) is 14.4 Å². The van der Waals surface area contributed by atoms with E-state index < -0.39 is 12.2 Å². The second kappa shape index (κ2) is 11.2. The third-order valence-electron chi connectivity index (χ3n) is 7.56. The molecule has 2 unspecified atom stereocenters. The van der Waals surface area contributed by atoms with Crippen LogP contribution >= 0.6 is 0 Å². The first-order valence-corrected chi connectivity index (χ1v) is 12.8. The highest BCUT2D eigenvalue weighted by Crippen LogP contribution is 2.34. The molecular weight excluding hydrogens is 470 g/mol. The van der Waals surface area contributed by atoms with Crippen molar-refractivity contribution >= 4 is 17.8 Å². The Morgan fingerprint density at radius 1 is 1.08 bits per heavy atom. The number of amides is 4. The van der Waals surface area contributed by atoms with Crippen LogP contribution in [0.25, 0.3) is 0 Å². The van der Waals surface area contributed by atoms with Crippen LogP contribution in [-0.4, -0.2) is 77.1 Å². The molecular formula is C28H37N5O4. The number of urea groups is 1. The van der Waals surface area contributed by atoms with Gasteiger partial charge in [-0.05, 0) is 36.1 Å². The number of hydrogen-bond acceptors (Lipinski definition) is 5. The molecule has 4 rings (SSSR count). The van der Waals surface area contributed by atoms with Crippen molar-refractivity contribution in [1.29, 1.82) is 0 Å². The van der Waals surface area contributed by atoms with Crippen molar-refractivity contribution < 1.29 is 19.1 Å². The maximum atomic E-state index is 13.9. The van der Waals surface area contributed by atoms with Crippen molar-refractivity contribution in [3.63, 3.8) is 0 Å². The van der Waals surface area contributed by atoms with Crippen molar-refractivity contribution in [3.05, 3.63) is 65.7 Å². The van der Waals surface area contributed by atoms with Crippen LogP contribution in [0.4, 0.5) is 4.79 Å². The molecule has 37 heavy (non-hydrogen) atoms. The van der Waals surface area contributed by atoms with Gasteiger partial charge in [-0.3, -0.25) is 9.59 Å². The normalized spacial score (nSPS) is 21.9. The molecule has 2 saturated heterocycles. The number of carbonyl (C=O) groups excluding carboxylic acids is 3. The van der Waals surface area contributed by atoms with E-state index in [0.717, 1.165) is 23.3 Å². The molecule has 4 amide bonds. The summed E-state index contributed by atoms with van der Waals surface area (Å²) in [6.45, 7) is 6.60. The highest BCUT2D eigenvalue weighted by Gasteiger charge is 2.52. The number of piperazine rings is 1. The fraction of sp³-hybridized carbons (Fsp3) is 0.464. The van der Waals surface area contributed by atoms with Gasteiger partial charge in [-0.2, -0.15) is 0 Å². The van der Waals surface area contributed by atoms with Gasteiger partial charge in [-0.1, -0.05) is 62.7 Å². The number of ether oxygens (including phenoxy) is 1. The summed E-state index contributed by atoms with van der Waals surface area (Å²) in [4.78, 5) is 44.2. The number of rotatable bonds is 7. The van der Waals surface area contributed by atoms with Crippen molar-refractivity contribution in [2.45, 2.75) is 52.0 Å². The fourth-order valence-corrected chi connectivity index (χ4v) is 5.22. The number of hydrogen-bond donors (Lipinski definition) is 1. The van der Waals surface area contributed by atoms with Gasteiger partial charge in [0.1, 0.15) is 18.0 Å². The maximum absolute atomic E-state index is 13.9. The number of nitrogens with zero attached hydrogens (tertiary/aromatic N) is 4. The number of benzene rings is 2. The minimum atomic E-state index is -0.631. The summed E-state index contributed by atoms with van der Waals surface area (Å²) in [5, 5.41) is 6.24. The van der Waals surface area contributed by atoms with Gasteiger partial charge in [-0.25, -0.2) is 14.8 Å². The number of hydrazine groups is 1. The average Bonchev–Trinajstić information content (AvgIpc) is 2.91. The molecule has 2 aromatic rings. The molecule has 9 heteroatoms. The summed E-state index contributed by atoms with van der Waals surface area (Å²) in [6.07, 6.45) is 0.130. The van der Waals surface area contributed by atoms with Gasteiger partial charge in [0.05, 0.1) is 26.2 Å². The van der Waals surface area contributed by atoms with Crippen LogP contribution in [0.1, 0.15) is 44.4 Å². The Kier molecular flexibility index (Phi) is 8.02. The molecule has 0 saturated carbocycles. The number of methoxy groups -OCH3 is 1. The third-order valence-corrected chi connectivity index (χ3v) is 7.56. The maximum Gasteiger partial charge on any atom is 0.334 e. The lowest BCUT2D eigenvalue weighted by Gasteiger charge is -2.56. The fourth-order valence-electron chi connectivity index (χ4n) is 5.22. The first kappa shape index (κ1) is 26.5. The number of nitrogens with one attached hydrogen (secondary N) is 1. The van der Waals surface area contributed by atoms with Gasteiger partial charge in [0.15, 0.2) is 0 Å². The van der Waals surface area contributed by atoms with Gasteiger partial charge in [0.25, 0.3) is 0 Å². The highest BCUT2D eigenvalue weighted by molar-refractivity contribution is 5.92. The van der Waals surface area contributed by atoms with Crippen molar-refractivity contribution in [2.75, 3.05) is 27.2 Å². The molecule has 2 heterocycles. The molecule has 0 spiro atoms. The SMILES string of the molecule is CCC(C)[C@H]1C(=O)N(C(C)c2ccccc2)C[C@H]2N1C(=O)CN(C)N2C(=O)NCc1ccc(OC)cc1. The Labute approximate surface area is 218 Å². The molecule has 2 fully saturated rings. The Bertz CT molecular complexity index is 1110. The van der Waals surface area contributed by atoms with E-state index in [1.807, 2.05) is 80.3 Å². The molecule has 0 radical (unpaired) electrons. The number of likely N-dealkylation sites (N-methyl/N-ethyl adjacent to an activating group) is 1. The monoisotopic (exact) mass is 507 g/mol. The van der Waals surface area contributed by atoms with Crippen LogP contribution in [0, 0.1) is 5.92 Å². The Hall–Kier alpha value is -3.59. The van der Waals surface area contributed by atoms with Crippen LogP contribution in [0.3, 0.4) is 0 Å². The Morgan fingerprint density at radius 3 is 2.38 bits per heavy atom. The summed E-state index contributed by atoms with van der Waals surface area (Å²) in [5.41, 5.74) is 1.94. The van der Waals surface area contributed by atoms with Gasteiger partial charge >= 0.3 is 6.03 Å². The lowest BCUT2D eigenvalue weighted by atomic mass is 9.91. The molecule has 1 N–H and O–H groups in total. The molecule has 9 nitrogen and oxygen atoms in total. The summed E-state index contributed by atoms with van der Waals surface area (Å²) in [7, 11) is 3.35. The molecule has 2 aliphatic rings. The van der Waals surface area contributed by atoms with E-state index in [1.54, 1.807) is 29.1 Å². The van der Waals surface area contributed by atoms with Crippen LogP contribution < -0.4 is 10.1 Å². The summed E-state index contributed by atoms with van der Waals surface area (Å²) >= 11 is 0. The molecule has 4 atom stereocenters. The largest absolute Gasteiger partial charge is 0.497 e. The van der Waals surface area contributed by atoms with E-state index in [2.05, 4.69) is 5.32 Å². The topological polar surface area (TPSA) is 85.4 Å². The second-order valence-corrected chi connectivity index (χ2v) is 9.86.